The van der Waals surface area contributed by atoms with E-state index in [2.05, 4.69) is 27.8 Å². The van der Waals surface area contributed by atoms with Crippen molar-refractivity contribution in [2.24, 2.45) is 0 Å². The second-order valence-corrected chi connectivity index (χ2v) is 8.08. The third-order valence-electron chi connectivity index (χ3n) is 4.80. The van der Waals surface area contributed by atoms with Gasteiger partial charge in [0.25, 0.3) is 0 Å². The molecular formula is C23H23N3O3S. The van der Waals surface area contributed by atoms with Gasteiger partial charge in [0.05, 0.1) is 23.7 Å². The SMILES string of the molecule is O=C(Cc1csc(Cc2ccccc2)n1)NCCOc1ccc2c(c1)CCC(=O)N2. The van der Waals surface area contributed by atoms with Gasteiger partial charge >= 0.3 is 0 Å². The zero-order valence-corrected chi connectivity index (χ0v) is 17.3. The highest BCUT2D eigenvalue weighted by molar-refractivity contribution is 7.09. The Balaban J connectivity index is 1.19. The molecule has 2 N–H and O–H groups in total. The lowest BCUT2D eigenvalue weighted by Crippen LogP contribution is -2.29. The van der Waals surface area contributed by atoms with Gasteiger partial charge in [-0.25, -0.2) is 4.98 Å². The van der Waals surface area contributed by atoms with Gasteiger partial charge in [-0.1, -0.05) is 30.3 Å². The van der Waals surface area contributed by atoms with Crippen LogP contribution in [0.2, 0.25) is 0 Å². The number of anilines is 1. The number of hydrogen-bond acceptors (Lipinski definition) is 5. The molecule has 7 heteroatoms. The number of hydrogen-bond donors (Lipinski definition) is 2. The van der Waals surface area contributed by atoms with Crippen LogP contribution in [0, 0.1) is 0 Å². The summed E-state index contributed by atoms with van der Waals surface area (Å²) >= 11 is 1.58. The average Bonchev–Trinajstić information content (AvgIpc) is 3.18. The second-order valence-electron chi connectivity index (χ2n) is 7.14. The molecule has 0 radical (unpaired) electrons. The van der Waals surface area contributed by atoms with Gasteiger partial charge in [-0.05, 0) is 35.7 Å². The zero-order chi connectivity index (χ0) is 20.8. The highest BCUT2D eigenvalue weighted by Crippen LogP contribution is 2.26. The number of rotatable bonds is 8. The summed E-state index contributed by atoms with van der Waals surface area (Å²) in [6, 6.07) is 15.8. The van der Waals surface area contributed by atoms with Crippen LogP contribution in [-0.4, -0.2) is 29.9 Å². The molecule has 2 aromatic carbocycles. The summed E-state index contributed by atoms with van der Waals surface area (Å²) in [5.74, 6) is 0.721. The largest absolute Gasteiger partial charge is 0.492 e. The first kappa shape index (κ1) is 20.1. The molecule has 0 bridgehead atoms. The molecule has 0 spiro atoms. The first-order valence-electron chi connectivity index (χ1n) is 9.95. The van der Waals surface area contributed by atoms with E-state index in [0.717, 1.165) is 40.5 Å². The van der Waals surface area contributed by atoms with Crippen LogP contribution in [0.4, 0.5) is 5.69 Å². The van der Waals surface area contributed by atoms with Gasteiger partial charge in [-0.3, -0.25) is 9.59 Å². The first-order valence-corrected chi connectivity index (χ1v) is 10.8. The van der Waals surface area contributed by atoms with Crippen molar-refractivity contribution in [1.29, 1.82) is 0 Å². The molecule has 0 saturated carbocycles. The van der Waals surface area contributed by atoms with Gasteiger partial charge in [-0.2, -0.15) is 0 Å². The Morgan fingerprint density at radius 3 is 2.90 bits per heavy atom. The van der Waals surface area contributed by atoms with Gasteiger partial charge in [-0.15, -0.1) is 11.3 Å². The molecule has 2 amide bonds. The van der Waals surface area contributed by atoms with E-state index < -0.39 is 0 Å². The Bertz CT molecular complexity index is 1030. The minimum Gasteiger partial charge on any atom is -0.492 e. The number of aromatic nitrogens is 1. The normalized spacial score (nSPS) is 12.7. The Morgan fingerprint density at radius 1 is 1.17 bits per heavy atom. The van der Waals surface area contributed by atoms with Crippen molar-refractivity contribution in [3.8, 4) is 5.75 Å². The number of fused-ring (bicyclic) bond motifs is 1. The second kappa shape index (κ2) is 9.54. The van der Waals surface area contributed by atoms with Crippen LogP contribution in [0.5, 0.6) is 5.75 Å². The van der Waals surface area contributed by atoms with E-state index in [4.69, 9.17) is 4.74 Å². The molecular weight excluding hydrogens is 398 g/mol. The summed E-state index contributed by atoms with van der Waals surface area (Å²) in [5.41, 5.74) is 3.93. The van der Waals surface area contributed by atoms with Crippen molar-refractivity contribution in [3.63, 3.8) is 0 Å². The number of carbonyl (C=O) groups excluding carboxylic acids is 2. The molecule has 30 heavy (non-hydrogen) atoms. The van der Waals surface area contributed by atoms with E-state index in [-0.39, 0.29) is 18.2 Å². The summed E-state index contributed by atoms with van der Waals surface area (Å²) < 4.78 is 5.73. The van der Waals surface area contributed by atoms with Crippen LogP contribution in [0.3, 0.4) is 0 Å². The third-order valence-corrected chi connectivity index (χ3v) is 5.70. The molecule has 0 saturated heterocycles. The average molecular weight is 422 g/mol. The number of amides is 2. The van der Waals surface area contributed by atoms with Gasteiger partial charge < -0.3 is 15.4 Å². The fourth-order valence-electron chi connectivity index (χ4n) is 3.32. The first-order chi connectivity index (χ1) is 14.7. The number of thiazole rings is 1. The van der Waals surface area contributed by atoms with E-state index in [1.165, 1.54) is 5.56 Å². The minimum atomic E-state index is -0.0664. The summed E-state index contributed by atoms with van der Waals surface area (Å²) in [7, 11) is 0. The molecule has 0 atom stereocenters. The van der Waals surface area contributed by atoms with Gasteiger partial charge in [0.15, 0.2) is 0 Å². The van der Waals surface area contributed by atoms with Crippen molar-refractivity contribution in [1.82, 2.24) is 10.3 Å². The predicted octanol–water partition coefficient (Wildman–Crippen LogP) is 3.36. The summed E-state index contributed by atoms with van der Waals surface area (Å²) in [6.45, 7) is 0.806. The fourth-order valence-corrected chi connectivity index (χ4v) is 4.15. The van der Waals surface area contributed by atoms with E-state index >= 15 is 0 Å². The third kappa shape index (κ3) is 5.45. The Hall–Kier alpha value is -3.19. The molecule has 0 unspecified atom stereocenters. The highest BCUT2D eigenvalue weighted by atomic mass is 32.1. The number of aryl methyl sites for hydroxylation is 1. The Morgan fingerprint density at radius 2 is 2.03 bits per heavy atom. The van der Waals surface area contributed by atoms with Crippen LogP contribution in [0.25, 0.3) is 0 Å². The van der Waals surface area contributed by atoms with Crippen molar-refractivity contribution in [2.45, 2.75) is 25.7 Å². The summed E-state index contributed by atoms with van der Waals surface area (Å²) in [5, 5.41) is 8.68. The number of ether oxygens (including phenoxy) is 1. The molecule has 6 nitrogen and oxygen atoms in total. The fraction of sp³-hybridized carbons (Fsp3) is 0.261. The topological polar surface area (TPSA) is 80.3 Å². The molecule has 0 fully saturated rings. The van der Waals surface area contributed by atoms with Crippen LogP contribution < -0.4 is 15.4 Å². The lowest BCUT2D eigenvalue weighted by Gasteiger charge is -2.17. The number of nitrogens with one attached hydrogen (secondary N) is 2. The van der Waals surface area contributed by atoms with Gasteiger partial charge in [0, 0.05) is 23.9 Å². The molecule has 1 aliphatic heterocycles. The van der Waals surface area contributed by atoms with E-state index in [1.54, 1.807) is 11.3 Å². The molecule has 3 aromatic rings. The summed E-state index contributed by atoms with van der Waals surface area (Å²) in [4.78, 5) is 28.1. The smallest absolute Gasteiger partial charge is 0.226 e. The van der Waals surface area contributed by atoms with Crippen molar-refractivity contribution in [3.05, 3.63) is 75.7 Å². The van der Waals surface area contributed by atoms with E-state index in [0.29, 0.717) is 19.6 Å². The number of carbonyl (C=O) groups is 2. The lowest BCUT2D eigenvalue weighted by molar-refractivity contribution is -0.120. The highest BCUT2D eigenvalue weighted by Gasteiger charge is 2.15. The molecule has 1 aliphatic rings. The van der Waals surface area contributed by atoms with Crippen molar-refractivity contribution < 1.29 is 14.3 Å². The summed E-state index contributed by atoms with van der Waals surface area (Å²) in [6.07, 6.45) is 2.26. The van der Waals surface area contributed by atoms with Crippen LogP contribution >= 0.6 is 11.3 Å². The lowest BCUT2D eigenvalue weighted by atomic mass is 10.0. The standard InChI is InChI=1S/C23H23N3O3S/c27-21-9-6-17-13-19(7-8-20(17)26-21)29-11-10-24-22(28)14-18-15-30-23(25-18)12-16-4-2-1-3-5-16/h1-5,7-8,13,15H,6,9-12,14H2,(H,24,28)(H,26,27). The number of benzene rings is 2. The number of nitrogens with zero attached hydrogens (tertiary/aromatic N) is 1. The maximum atomic E-state index is 12.2. The predicted molar refractivity (Wildman–Crippen MR) is 117 cm³/mol. The maximum Gasteiger partial charge on any atom is 0.226 e. The monoisotopic (exact) mass is 421 g/mol. The molecule has 2 heterocycles. The molecule has 1 aromatic heterocycles. The molecule has 0 aliphatic carbocycles. The van der Waals surface area contributed by atoms with Crippen LogP contribution in [0.15, 0.2) is 53.9 Å². The van der Waals surface area contributed by atoms with Crippen molar-refractivity contribution >= 4 is 28.8 Å². The maximum absolute atomic E-state index is 12.2. The van der Waals surface area contributed by atoms with Crippen LogP contribution in [0.1, 0.15) is 28.2 Å². The van der Waals surface area contributed by atoms with Gasteiger partial charge in [0.1, 0.15) is 12.4 Å². The minimum absolute atomic E-state index is 0.0474. The molecule has 154 valence electrons. The zero-order valence-electron chi connectivity index (χ0n) is 16.5. The van der Waals surface area contributed by atoms with E-state index in [9.17, 15) is 9.59 Å². The van der Waals surface area contributed by atoms with E-state index in [1.807, 2.05) is 41.8 Å². The van der Waals surface area contributed by atoms with Crippen LogP contribution in [-0.2, 0) is 28.9 Å². The Labute approximate surface area is 179 Å². The van der Waals surface area contributed by atoms with Gasteiger partial charge in [0.2, 0.25) is 11.8 Å². The Kier molecular flexibility index (Phi) is 6.39. The molecule has 4 rings (SSSR count). The van der Waals surface area contributed by atoms with Crippen molar-refractivity contribution in [2.75, 3.05) is 18.5 Å². The quantitative estimate of drug-likeness (QED) is 0.547.